The van der Waals surface area contributed by atoms with E-state index in [0.29, 0.717) is 27.8 Å². The predicted molar refractivity (Wildman–Crippen MR) is 99.4 cm³/mol. The van der Waals surface area contributed by atoms with Crippen LogP contribution < -0.4 is 11.5 Å². The minimum Gasteiger partial charge on any atom is -0.383 e. The van der Waals surface area contributed by atoms with E-state index in [0.717, 1.165) is 18.2 Å². The summed E-state index contributed by atoms with van der Waals surface area (Å²) in [5.74, 6) is -0.952. The number of anilines is 1. The highest BCUT2D eigenvalue weighted by Crippen LogP contribution is 2.33. The van der Waals surface area contributed by atoms with E-state index in [2.05, 4.69) is 4.98 Å². The van der Waals surface area contributed by atoms with Crippen LogP contribution in [0.25, 0.3) is 22.3 Å². The molecule has 0 bridgehead atoms. The molecule has 1 heterocycles. The van der Waals surface area contributed by atoms with Crippen LogP contribution >= 0.6 is 0 Å². The average molecular weight is 366 g/mol. The van der Waals surface area contributed by atoms with Crippen LogP contribution in [0.5, 0.6) is 0 Å². The topological polar surface area (TPSA) is 125 Å². The molecule has 4 N–H and O–H groups in total. The van der Waals surface area contributed by atoms with Gasteiger partial charge < -0.3 is 11.5 Å². The van der Waals surface area contributed by atoms with Gasteiger partial charge in [0, 0.05) is 40.6 Å². The van der Waals surface area contributed by atoms with Gasteiger partial charge >= 0.3 is 0 Å². The Morgan fingerprint density at radius 2 is 1.85 bits per heavy atom. The fourth-order valence-corrected chi connectivity index (χ4v) is 2.81. The molecule has 1 amide bonds. The number of carbonyl (C=O) groups excluding carboxylic acids is 1. The molecule has 7 nitrogen and oxygen atoms in total. The number of nitrogen functional groups attached to an aromatic ring is 1. The summed E-state index contributed by atoms with van der Waals surface area (Å²) >= 11 is 0. The number of halogens is 1. The van der Waals surface area contributed by atoms with Crippen molar-refractivity contribution in [2.24, 2.45) is 5.73 Å². The highest BCUT2D eigenvalue weighted by atomic mass is 19.1. The molecule has 2 aromatic carbocycles. The third kappa shape index (κ3) is 3.45. The quantitative estimate of drug-likeness (QED) is 0.540. The molecule has 0 aliphatic carbocycles. The summed E-state index contributed by atoms with van der Waals surface area (Å²) in [4.78, 5) is 25.8. The minimum atomic E-state index is -0.613. The Hall–Kier alpha value is -3.81. The fraction of sp³-hybridized carbons (Fsp3) is 0.0526. The summed E-state index contributed by atoms with van der Waals surface area (Å²) in [5.41, 5.74) is 13.6. The van der Waals surface area contributed by atoms with E-state index < -0.39 is 16.6 Å². The molecule has 136 valence electrons. The summed E-state index contributed by atoms with van der Waals surface area (Å²) < 4.78 is 14.2. The number of non-ortho nitro benzene ring substituents is 1. The summed E-state index contributed by atoms with van der Waals surface area (Å²) in [7, 11) is 0. The van der Waals surface area contributed by atoms with Gasteiger partial charge in [0.1, 0.15) is 11.6 Å². The van der Waals surface area contributed by atoms with E-state index in [-0.39, 0.29) is 17.1 Å². The number of aromatic nitrogens is 1. The van der Waals surface area contributed by atoms with Gasteiger partial charge in [0.25, 0.3) is 5.69 Å². The maximum Gasteiger partial charge on any atom is 0.270 e. The third-order valence-corrected chi connectivity index (χ3v) is 4.19. The number of pyridine rings is 1. The first kappa shape index (κ1) is 18.0. The zero-order valence-electron chi connectivity index (χ0n) is 14.3. The molecular weight excluding hydrogens is 351 g/mol. The van der Waals surface area contributed by atoms with Gasteiger partial charge in [0.15, 0.2) is 0 Å². The molecule has 27 heavy (non-hydrogen) atoms. The normalized spacial score (nSPS) is 10.6. The number of hydrogen-bond donors (Lipinski definition) is 2. The second kappa shape index (κ2) is 6.83. The second-order valence-electron chi connectivity index (χ2n) is 5.97. The van der Waals surface area contributed by atoms with E-state index in [1.807, 2.05) is 0 Å². The number of nitro groups is 1. The zero-order valence-corrected chi connectivity index (χ0v) is 14.3. The number of hydrogen-bond acceptors (Lipinski definition) is 5. The molecular formula is C19H15FN4O3. The first-order valence-corrected chi connectivity index (χ1v) is 7.88. The lowest BCUT2D eigenvalue weighted by Gasteiger charge is -2.11. The van der Waals surface area contributed by atoms with Crippen molar-refractivity contribution >= 4 is 17.4 Å². The van der Waals surface area contributed by atoms with Crippen molar-refractivity contribution in [3.63, 3.8) is 0 Å². The number of aryl methyl sites for hydroxylation is 1. The lowest BCUT2D eigenvalue weighted by atomic mass is 9.97. The number of nitrogens with two attached hydrogens (primary N) is 2. The number of nitrogens with zero attached hydrogens (tertiary/aromatic N) is 2. The van der Waals surface area contributed by atoms with Crippen molar-refractivity contribution < 1.29 is 14.1 Å². The maximum atomic E-state index is 14.2. The molecule has 0 aliphatic rings. The number of carbonyl (C=O) groups is 1. The number of nitro benzene ring substituents is 1. The SMILES string of the molecule is Cc1cc(-c2cc(-c3cc([N+](=O)[O-])ccc3F)cnc2N)ccc1C(N)=O. The van der Waals surface area contributed by atoms with Crippen LogP contribution in [0.4, 0.5) is 15.9 Å². The highest BCUT2D eigenvalue weighted by molar-refractivity contribution is 5.95. The van der Waals surface area contributed by atoms with Gasteiger partial charge in [-0.05, 0) is 36.2 Å². The summed E-state index contributed by atoms with van der Waals surface area (Å²) in [6, 6.07) is 9.84. The fourth-order valence-electron chi connectivity index (χ4n) is 2.81. The highest BCUT2D eigenvalue weighted by Gasteiger charge is 2.15. The molecule has 3 rings (SSSR count). The van der Waals surface area contributed by atoms with Crippen molar-refractivity contribution in [3.05, 3.63) is 75.7 Å². The number of amides is 1. The van der Waals surface area contributed by atoms with Crippen LogP contribution in [0, 0.1) is 22.9 Å². The van der Waals surface area contributed by atoms with E-state index in [1.54, 1.807) is 31.2 Å². The van der Waals surface area contributed by atoms with E-state index in [9.17, 15) is 19.3 Å². The second-order valence-corrected chi connectivity index (χ2v) is 5.97. The molecule has 0 aliphatic heterocycles. The molecule has 0 unspecified atom stereocenters. The zero-order chi connectivity index (χ0) is 19.7. The van der Waals surface area contributed by atoms with Crippen LogP contribution in [0.1, 0.15) is 15.9 Å². The van der Waals surface area contributed by atoms with Gasteiger partial charge in [-0.15, -0.1) is 0 Å². The van der Waals surface area contributed by atoms with Crippen LogP contribution in [-0.4, -0.2) is 15.8 Å². The van der Waals surface area contributed by atoms with E-state index in [1.165, 1.54) is 6.20 Å². The number of benzene rings is 2. The third-order valence-electron chi connectivity index (χ3n) is 4.19. The Labute approximate surface area is 153 Å². The molecule has 0 atom stereocenters. The molecule has 0 spiro atoms. The Morgan fingerprint density at radius 1 is 1.11 bits per heavy atom. The van der Waals surface area contributed by atoms with Crippen molar-refractivity contribution in [2.75, 3.05) is 5.73 Å². The maximum absolute atomic E-state index is 14.2. The summed E-state index contributed by atoms with van der Waals surface area (Å²) in [6.07, 6.45) is 1.35. The Kier molecular flexibility index (Phi) is 4.55. The Morgan fingerprint density at radius 3 is 2.48 bits per heavy atom. The van der Waals surface area contributed by atoms with Crippen molar-refractivity contribution in [1.29, 1.82) is 0 Å². The molecule has 8 heteroatoms. The molecule has 0 radical (unpaired) electrons. The lowest BCUT2D eigenvalue weighted by molar-refractivity contribution is -0.384. The Balaban J connectivity index is 2.14. The van der Waals surface area contributed by atoms with Gasteiger partial charge in [-0.25, -0.2) is 9.37 Å². The van der Waals surface area contributed by atoms with Crippen molar-refractivity contribution in [2.45, 2.75) is 6.92 Å². The average Bonchev–Trinajstić information content (AvgIpc) is 2.62. The van der Waals surface area contributed by atoms with Crippen molar-refractivity contribution in [1.82, 2.24) is 4.98 Å². The molecule has 0 fully saturated rings. The molecule has 1 aromatic heterocycles. The number of rotatable bonds is 4. The van der Waals surface area contributed by atoms with Gasteiger partial charge in [-0.2, -0.15) is 0 Å². The molecule has 0 saturated carbocycles. The first-order valence-electron chi connectivity index (χ1n) is 7.88. The Bertz CT molecular complexity index is 1080. The first-order chi connectivity index (χ1) is 12.8. The van der Waals surface area contributed by atoms with Crippen LogP contribution in [0.3, 0.4) is 0 Å². The van der Waals surface area contributed by atoms with Gasteiger partial charge in [0.05, 0.1) is 4.92 Å². The van der Waals surface area contributed by atoms with Crippen LogP contribution in [0.15, 0.2) is 48.7 Å². The molecule has 0 saturated heterocycles. The minimum absolute atomic E-state index is 0.0448. The summed E-state index contributed by atoms with van der Waals surface area (Å²) in [5, 5.41) is 11.0. The van der Waals surface area contributed by atoms with Crippen LogP contribution in [-0.2, 0) is 0 Å². The van der Waals surface area contributed by atoms with Crippen LogP contribution in [0.2, 0.25) is 0 Å². The lowest BCUT2D eigenvalue weighted by Crippen LogP contribution is -2.12. The monoisotopic (exact) mass is 366 g/mol. The predicted octanol–water partition coefficient (Wildman–Crippen LogP) is 3.45. The standard InChI is InChI=1S/C19H15FN4O3/c1-10-6-11(2-4-14(10)19(22)25)16-7-12(9-23-18(16)21)15-8-13(24(26)27)3-5-17(15)20/h2-9H,1H3,(H2,21,23)(H2,22,25). The largest absolute Gasteiger partial charge is 0.383 e. The summed E-state index contributed by atoms with van der Waals surface area (Å²) in [6.45, 7) is 1.73. The molecule has 3 aromatic rings. The van der Waals surface area contributed by atoms with E-state index in [4.69, 9.17) is 11.5 Å². The van der Waals surface area contributed by atoms with Gasteiger partial charge in [-0.3, -0.25) is 14.9 Å². The van der Waals surface area contributed by atoms with Crippen molar-refractivity contribution in [3.8, 4) is 22.3 Å². The van der Waals surface area contributed by atoms with E-state index >= 15 is 0 Å². The number of primary amides is 1. The smallest absolute Gasteiger partial charge is 0.270 e. The van der Waals surface area contributed by atoms with Gasteiger partial charge in [0.2, 0.25) is 5.91 Å². The van der Waals surface area contributed by atoms with Gasteiger partial charge in [-0.1, -0.05) is 12.1 Å².